The number of aromatic nitrogens is 5. The van der Waals surface area contributed by atoms with Gasteiger partial charge >= 0.3 is 0 Å². The highest BCUT2D eigenvalue weighted by molar-refractivity contribution is 6.30. The second kappa shape index (κ2) is 7.42. The zero-order valence-electron chi connectivity index (χ0n) is 15.8. The summed E-state index contributed by atoms with van der Waals surface area (Å²) in [6.07, 6.45) is 6.96. The van der Waals surface area contributed by atoms with Gasteiger partial charge in [-0.15, -0.1) is 0 Å². The van der Waals surface area contributed by atoms with Gasteiger partial charge in [-0.3, -0.25) is 15.1 Å². The highest BCUT2D eigenvalue weighted by Gasteiger charge is 2.23. The van der Waals surface area contributed by atoms with Gasteiger partial charge in [0.05, 0.1) is 30.0 Å². The van der Waals surface area contributed by atoms with Crippen molar-refractivity contribution in [3.63, 3.8) is 0 Å². The first kappa shape index (κ1) is 18.0. The Morgan fingerprint density at radius 3 is 2.93 bits per heavy atom. The Morgan fingerprint density at radius 2 is 2.14 bits per heavy atom. The number of hydrogen-bond donors (Lipinski definition) is 1. The molecule has 5 rings (SSSR count). The topological polar surface area (TPSA) is 79.8 Å². The molecular formula is C21H19ClN6O. The van der Waals surface area contributed by atoms with Gasteiger partial charge in [0.15, 0.2) is 0 Å². The van der Waals surface area contributed by atoms with Crippen LogP contribution in [0.25, 0.3) is 33.4 Å². The molecule has 1 aliphatic rings. The molecular weight excluding hydrogens is 388 g/mol. The molecule has 1 saturated heterocycles. The molecule has 1 N–H and O–H groups in total. The maximum atomic E-state index is 6.24. The minimum absolute atomic E-state index is 0.228. The highest BCUT2D eigenvalue weighted by atomic mass is 35.5. The van der Waals surface area contributed by atoms with Crippen LogP contribution in [0.3, 0.4) is 0 Å². The van der Waals surface area contributed by atoms with Gasteiger partial charge in [-0.05, 0) is 36.8 Å². The van der Waals surface area contributed by atoms with Crippen LogP contribution in [0, 0.1) is 0 Å². The van der Waals surface area contributed by atoms with Gasteiger partial charge in [0.25, 0.3) is 0 Å². The van der Waals surface area contributed by atoms with Crippen molar-refractivity contribution in [2.24, 2.45) is 0 Å². The molecule has 1 unspecified atom stereocenters. The second-order valence-corrected chi connectivity index (χ2v) is 7.50. The Morgan fingerprint density at radius 1 is 1.21 bits per heavy atom. The summed E-state index contributed by atoms with van der Waals surface area (Å²) in [5.41, 5.74) is 4.35. The molecule has 146 valence electrons. The Kier molecular flexibility index (Phi) is 4.61. The number of pyridine rings is 3. The summed E-state index contributed by atoms with van der Waals surface area (Å²) in [6, 6.07) is 8.13. The molecule has 1 fully saturated rings. The molecule has 0 amide bonds. The van der Waals surface area contributed by atoms with Gasteiger partial charge in [-0.1, -0.05) is 11.6 Å². The van der Waals surface area contributed by atoms with Crippen LogP contribution in [0.2, 0.25) is 5.02 Å². The van der Waals surface area contributed by atoms with E-state index in [1.165, 1.54) is 0 Å². The molecule has 5 heterocycles. The van der Waals surface area contributed by atoms with Crippen molar-refractivity contribution in [1.29, 1.82) is 0 Å². The molecule has 7 nitrogen and oxygen atoms in total. The summed E-state index contributed by atoms with van der Waals surface area (Å²) in [5, 5.41) is 8.66. The predicted molar refractivity (Wildman–Crippen MR) is 113 cm³/mol. The number of fused-ring (bicyclic) bond motifs is 1. The lowest BCUT2D eigenvalue weighted by molar-refractivity contribution is 0.0986. The number of ether oxygens (including phenoxy) is 1. The number of hydrogen-bond acceptors (Lipinski definition) is 6. The Labute approximate surface area is 172 Å². The van der Waals surface area contributed by atoms with Crippen LogP contribution in [-0.4, -0.2) is 50.9 Å². The van der Waals surface area contributed by atoms with Crippen LogP contribution < -0.4 is 4.90 Å². The molecule has 1 atom stereocenters. The van der Waals surface area contributed by atoms with E-state index in [0.717, 1.165) is 45.8 Å². The Bertz CT molecular complexity index is 1160. The molecule has 29 heavy (non-hydrogen) atoms. The van der Waals surface area contributed by atoms with Crippen molar-refractivity contribution in [2.75, 3.05) is 24.7 Å². The van der Waals surface area contributed by atoms with Crippen LogP contribution >= 0.6 is 11.6 Å². The standard InChI is InChI=1S/C21H19ClN6O/c1-13-12-29-7-6-28(13)19-9-17(14-8-15(22)11-23-10-14)16-2-4-24-21(20(16)26-19)18-3-5-25-27-18/h2-5,8-11,13H,6-7,12H2,1H3,(H,25,27). The van der Waals surface area contributed by atoms with Gasteiger partial charge < -0.3 is 9.64 Å². The third kappa shape index (κ3) is 3.32. The number of nitrogens with one attached hydrogen (secondary N) is 1. The van der Waals surface area contributed by atoms with Gasteiger partial charge in [-0.25, -0.2) is 4.98 Å². The Balaban J connectivity index is 1.79. The fourth-order valence-electron chi connectivity index (χ4n) is 3.74. The largest absolute Gasteiger partial charge is 0.377 e. The zero-order valence-corrected chi connectivity index (χ0v) is 16.6. The lowest BCUT2D eigenvalue weighted by Gasteiger charge is -2.34. The van der Waals surface area contributed by atoms with Crippen LogP contribution in [0.4, 0.5) is 5.82 Å². The molecule has 0 bridgehead atoms. The van der Waals surface area contributed by atoms with Gasteiger partial charge in [-0.2, -0.15) is 5.10 Å². The molecule has 0 aromatic carbocycles. The molecule has 0 spiro atoms. The maximum absolute atomic E-state index is 6.24. The van der Waals surface area contributed by atoms with E-state index in [-0.39, 0.29) is 6.04 Å². The number of rotatable bonds is 3. The summed E-state index contributed by atoms with van der Waals surface area (Å²) in [4.78, 5) is 16.2. The number of aromatic amines is 1. The second-order valence-electron chi connectivity index (χ2n) is 7.06. The van der Waals surface area contributed by atoms with Gasteiger partial charge in [0, 0.05) is 42.3 Å². The van der Waals surface area contributed by atoms with Crippen molar-refractivity contribution in [1.82, 2.24) is 25.1 Å². The Hall–Kier alpha value is -3.03. The molecule has 1 aliphatic heterocycles. The number of anilines is 1. The van der Waals surface area contributed by atoms with E-state index in [4.69, 9.17) is 21.3 Å². The summed E-state index contributed by atoms with van der Waals surface area (Å²) in [7, 11) is 0. The minimum atomic E-state index is 0.228. The first-order valence-electron chi connectivity index (χ1n) is 9.45. The van der Waals surface area contributed by atoms with Crippen LogP contribution in [-0.2, 0) is 4.74 Å². The van der Waals surface area contributed by atoms with Crippen molar-refractivity contribution in [3.05, 3.63) is 54.1 Å². The smallest absolute Gasteiger partial charge is 0.130 e. The SMILES string of the molecule is CC1COCCN1c1cc(-c2cncc(Cl)c2)c2ccnc(-c3ccn[nH]3)c2n1. The minimum Gasteiger partial charge on any atom is -0.377 e. The quantitative estimate of drug-likeness (QED) is 0.554. The number of nitrogens with zero attached hydrogens (tertiary/aromatic N) is 5. The normalized spacial score (nSPS) is 17.0. The highest BCUT2D eigenvalue weighted by Crippen LogP contribution is 2.35. The van der Waals surface area contributed by atoms with E-state index in [9.17, 15) is 0 Å². The van der Waals surface area contributed by atoms with Crippen LogP contribution in [0.15, 0.2) is 49.1 Å². The summed E-state index contributed by atoms with van der Waals surface area (Å²) >= 11 is 6.24. The van der Waals surface area contributed by atoms with Crippen molar-refractivity contribution in [2.45, 2.75) is 13.0 Å². The summed E-state index contributed by atoms with van der Waals surface area (Å²) in [6.45, 7) is 4.28. The number of H-pyrrole nitrogens is 1. The lowest BCUT2D eigenvalue weighted by Crippen LogP contribution is -2.44. The predicted octanol–water partition coefficient (Wildman–Crippen LogP) is 3.96. The summed E-state index contributed by atoms with van der Waals surface area (Å²) < 4.78 is 5.61. The molecule has 4 aromatic rings. The van der Waals surface area contributed by atoms with Crippen molar-refractivity contribution >= 4 is 28.3 Å². The molecule has 0 aliphatic carbocycles. The van der Waals surface area contributed by atoms with Crippen molar-refractivity contribution < 1.29 is 4.74 Å². The van der Waals surface area contributed by atoms with Crippen molar-refractivity contribution in [3.8, 4) is 22.5 Å². The average Bonchev–Trinajstić information content (AvgIpc) is 3.27. The molecule has 0 radical (unpaired) electrons. The molecule has 4 aromatic heterocycles. The first-order chi connectivity index (χ1) is 14.2. The van der Waals surface area contributed by atoms with Crippen LogP contribution in [0.5, 0.6) is 0 Å². The monoisotopic (exact) mass is 406 g/mol. The lowest BCUT2D eigenvalue weighted by atomic mass is 10.0. The fraction of sp³-hybridized carbons (Fsp3) is 0.238. The first-order valence-corrected chi connectivity index (χ1v) is 9.83. The van der Waals surface area contributed by atoms with E-state index < -0.39 is 0 Å². The van der Waals surface area contributed by atoms with E-state index in [2.05, 4.69) is 38.1 Å². The third-order valence-corrected chi connectivity index (χ3v) is 5.35. The van der Waals surface area contributed by atoms with Crippen LogP contribution in [0.1, 0.15) is 6.92 Å². The fourth-order valence-corrected chi connectivity index (χ4v) is 3.91. The van der Waals surface area contributed by atoms with Gasteiger partial charge in [0.2, 0.25) is 0 Å². The third-order valence-electron chi connectivity index (χ3n) is 5.15. The molecule has 8 heteroatoms. The zero-order chi connectivity index (χ0) is 19.8. The number of morpholine rings is 1. The number of halogens is 1. The van der Waals surface area contributed by atoms with Gasteiger partial charge in [0.1, 0.15) is 17.0 Å². The van der Waals surface area contributed by atoms with E-state index in [0.29, 0.717) is 18.2 Å². The van der Waals surface area contributed by atoms with E-state index in [1.54, 1.807) is 18.6 Å². The molecule has 0 saturated carbocycles. The summed E-state index contributed by atoms with van der Waals surface area (Å²) in [5.74, 6) is 0.886. The maximum Gasteiger partial charge on any atom is 0.130 e. The van der Waals surface area contributed by atoms with E-state index >= 15 is 0 Å². The van der Waals surface area contributed by atoms with E-state index in [1.807, 2.05) is 24.4 Å². The average molecular weight is 407 g/mol.